The minimum absolute atomic E-state index is 0.219. The molecular formula is C41H47ClFN5O6. The number of nitrogens with zero attached hydrogens (tertiary/aromatic N) is 5. The molecule has 0 atom stereocenters. The van der Waals surface area contributed by atoms with Crippen LogP contribution in [0.25, 0.3) is 32.8 Å². The van der Waals surface area contributed by atoms with E-state index < -0.39 is 11.6 Å². The molecule has 3 aromatic carbocycles. The Balaban J connectivity index is 1.23. The number of carboxylic acids is 1. The molecular weight excluding hydrogens is 713 g/mol. The smallest absolute Gasteiger partial charge is 0.410 e. The molecule has 2 aliphatic rings. The first kappa shape index (κ1) is 37.7. The molecule has 0 radical (unpaired) electrons. The van der Waals surface area contributed by atoms with Crippen molar-refractivity contribution in [2.24, 2.45) is 0 Å². The van der Waals surface area contributed by atoms with Crippen molar-refractivity contribution in [3.05, 3.63) is 82.0 Å². The van der Waals surface area contributed by atoms with Crippen molar-refractivity contribution in [2.75, 3.05) is 45.9 Å². The second kappa shape index (κ2) is 15.6. The van der Waals surface area contributed by atoms with Crippen LogP contribution in [0.15, 0.2) is 48.5 Å². The van der Waals surface area contributed by atoms with Crippen LogP contribution in [0.4, 0.5) is 9.18 Å². The molecule has 1 amide bonds. The normalized spacial score (nSPS) is 15.2. The van der Waals surface area contributed by atoms with Crippen molar-refractivity contribution < 1.29 is 33.3 Å². The fraction of sp³-hybridized carbons (Fsp3) is 0.439. The molecule has 54 heavy (non-hydrogen) atoms. The third-order valence-electron chi connectivity index (χ3n) is 10.2. The lowest BCUT2D eigenvalue weighted by atomic mass is 9.97. The van der Waals surface area contributed by atoms with Crippen molar-refractivity contribution in [1.29, 1.82) is 0 Å². The Labute approximate surface area is 319 Å². The van der Waals surface area contributed by atoms with Gasteiger partial charge in [0.05, 0.1) is 48.3 Å². The number of piperazine rings is 1. The average Bonchev–Trinajstić information content (AvgIpc) is 3.67. The zero-order valence-corrected chi connectivity index (χ0v) is 32.0. The summed E-state index contributed by atoms with van der Waals surface area (Å²) in [4.78, 5) is 30.0. The van der Waals surface area contributed by atoms with Gasteiger partial charge in [-0.05, 0) is 81.3 Å². The highest BCUT2D eigenvalue weighted by Crippen LogP contribution is 2.43. The van der Waals surface area contributed by atoms with Crippen LogP contribution in [0.2, 0.25) is 5.02 Å². The van der Waals surface area contributed by atoms with E-state index in [0.717, 1.165) is 44.2 Å². The van der Waals surface area contributed by atoms with Crippen LogP contribution < -0.4 is 4.74 Å². The van der Waals surface area contributed by atoms with Gasteiger partial charge in [-0.15, -0.1) is 0 Å². The summed E-state index contributed by atoms with van der Waals surface area (Å²) in [5.74, 6) is -0.685. The van der Waals surface area contributed by atoms with Gasteiger partial charge in [-0.1, -0.05) is 36.7 Å². The van der Waals surface area contributed by atoms with Gasteiger partial charge in [0, 0.05) is 61.2 Å². The van der Waals surface area contributed by atoms with Gasteiger partial charge in [-0.3, -0.25) is 9.58 Å². The Kier molecular flexibility index (Phi) is 10.9. The summed E-state index contributed by atoms with van der Waals surface area (Å²) in [6.07, 6.45) is 1.32. The maximum atomic E-state index is 13.9. The SMILES string of the molecule is CCc1nn2c(c1-c1c(Cl)ccc3c(CCCOc4cccc5cc(F)ccc45)c(C(=O)O)n(CCN4CCN(C(=O)OC(C)(C)C)CC4)c13)COCC2. The Bertz CT molecular complexity index is 2200. The third-order valence-corrected chi connectivity index (χ3v) is 10.5. The maximum absolute atomic E-state index is 13.9. The van der Waals surface area contributed by atoms with Gasteiger partial charge in [0.25, 0.3) is 0 Å². The molecule has 2 aliphatic heterocycles. The highest BCUT2D eigenvalue weighted by molar-refractivity contribution is 6.35. The van der Waals surface area contributed by atoms with Crippen molar-refractivity contribution in [3.8, 4) is 16.9 Å². The first-order chi connectivity index (χ1) is 25.9. The number of rotatable bonds is 11. The van der Waals surface area contributed by atoms with E-state index in [-0.39, 0.29) is 17.6 Å². The van der Waals surface area contributed by atoms with Crippen LogP contribution in [0.5, 0.6) is 5.75 Å². The summed E-state index contributed by atoms with van der Waals surface area (Å²) in [5.41, 5.74) is 4.60. The zero-order chi connectivity index (χ0) is 38.1. The number of carbonyl (C=O) groups is 2. The molecule has 0 bridgehead atoms. The number of carbonyl (C=O) groups excluding carboxylic acids is 1. The van der Waals surface area contributed by atoms with Gasteiger partial charge in [-0.25, -0.2) is 14.0 Å². The van der Waals surface area contributed by atoms with Gasteiger partial charge in [0.15, 0.2) is 0 Å². The lowest BCUT2D eigenvalue weighted by Gasteiger charge is -2.35. The Morgan fingerprint density at radius 3 is 2.52 bits per heavy atom. The molecule has 1 N–H and O–H groups in total. The molecule has 0 spiro atoms. The van der Waals surface area contributed by atoms with Crippen LogP contribution in [-0.2, 0) is 42.0 Å². The molecule has 0 aliphatic carbocycles. The Morgan fingerprint density at radius 1 is 1.00 bits per heavy atom. The van der Waals surface area contributed by atoms with Crippen molar-refractivity contribution >= 4 is 45.3 Å². The molecule has 0 unspecified atom stereocenters. The quantitative estimate of drug-likeness (QED) is 0.136. The van der Waals surface area contributed by atoms with E-state index in [9.17, 15) is 19.1 Å². The van der Waals surface area contributed by atoms with Gasteiger partial charge in [0.1, 0.15) is 22.9 Å². The van der Waals surface area contributed by atoms with E-state index in [4.69, 9.17) is 30.9 Å². The molecule has 5 aromatic rings. The van der Waals surface area contributed by atoms with E-state index in [1.807, 2.05) is 60.4 Å². The summed E-state index contributed by atoms with van der Waals surface area (Å²) in [7, 11) is 0. The fourth-order valence-corrected chi connectivity index (χ4v) is 7.94. The molecule has 4 heterocycles. The van der Waals surface area contributed by atoms with E-state index >= 15 is 0 Å². The molecule has 13 heteroatoms. The fourth-order valence-electron chi connectivity index (χ4n) is 7.69. The van der Waals surface area contributed by atoms with E-state index in [0.29, 0.717) is 101 Å². The molecule has 0 saturated carbocycles. The minimum Gasteiger partial charge on any atom is -0.493 e. The van der Waals surface area contributed by atoms with Crippen LogP contribution in [0, 0.1) is 5.82 Å². The average molecular weight is 760 g/mol. The number of hydrogen-bond donors (Lipinski definition) is 1. The van der Waals surface area contributed by atoms with Crippen LogP contribution in [0.3, 0.4) is 0 Å². The van der Waals surface area contributed by atoms with Crippen molar-refractivity contribution in [1.82, 2.24) is 24.1 Å². The Morgan fingerprint density at radius 2 is 1.78 bits per heavy atom. The zero-order valence-electron chi connectivity index (χ0n) is 31.3. The molecule has 11 nitrogen and oxygen atoms in total. The predicted molar refractivity (Wildman–Crippen MR) is 206 cm³/mol. The molecule has 7 rings (SSSR count). The summed E-state index contributed by atoms with van der Waals surface area (Å²) in [5, 5.41) is 18.7. The van der Waals surface area contributed by atoms with Gasteiger partial charge < -0.3 is 28.8 Å². The number of aryl methyl sites for hydroxylation is 2. The first-order valence-electron chi connectivity index (χ1n) is 18.7. The highest BCUT2D eigenvalue weighted by atomic mass is 35.5. The second-order valence-corrected chi connectivity index (χ2v) is 15.3. The summed E-state index contributed by atoms with van der Waals surface area (Å²) < 4.78 is 35.5. The number of ether oxygens (including phenoxy) is 3. The first-order valence-corrected chi connectivity index (χ1v) is 19.1. The van der Waals surface area contributed by atoms with Gasteiger partial charge in [0.2, 0.25) is 0 Å². The lowest BCUT2D eigenvalue weighted by molar-refractivity contribution is 0.0142. The monoisotopic (exact) mass is 759 g/mol. The standard InChI is InChI=1S/C41H47ClFN5O6/c1-5-32-36(33-25-52-23-21-48(33)44-32)35-31(42)14-13-30-29(9-7-22-53-34-10-6-8-26-24-27(43)11-12-28(26)34)38(39(49)50)47(37(30)35)20-17-45-15-18-46(19-16-45)40(51)54-41(2,3)4/h6,8,10-14,24H,5,7,9,15-23,25H2,1-4H3,(H,49,50). The summed E-state index contributed by atoms with van der Waals surface area (Å²) in [6.45, 7) is 12.8. The minimum atomic E-state index is -1.02. The molecule has 1 fully saturated rings. The number of hydrogen-bond acceptors (Lipinski definition) is 7. The lowest BCUT2D eigenvalue weighted by Crippen LogP contribution is -2.50. The molecule has 2 aromatic heterocycles. The number of fused-ring (bicyclic) bond motifs is 3. The molecule has 286 valence electrons. The predicted octanol–water partition coefficient (Wildman–Crippen LogP) is 7.81. The number of carboxylic acid groups (broad SMARTS) is 1. The topological polar surface area (TPSA) is 111 Å². The van der Waals surface area contributed by atoms with Crippen LogP contribution >= 0.6 is 11.6 Å². The van der Waals surface area contributed by atoms with E-state index in [2.05, 4.69) is 11.8 Å². The third kappa shape index (κ3) is 7.65. The number of benzene rings is 3. The number of aromatic carboxylic acids is 1. The largest absolute Gasteiger partial charge is 0.493 e. The van der Waals surface area contributed by atoms with E-state index in [1.165, 1.54) is 12.1 Å². The number of halogens is 2. The number of amides is 1. The van der Waals surface area contributed by atoms with Crippen LogP contribution in [-0.4, -0.2) is 92.9 Å². The second-order valence-electron chi connectivity index (χ2n) is 14.9. The van der Waals surface area contributed by atoms with E-state index in [1.54, 1.807) is 11.0 Å². The van der Waals surface area contributed by atoms with Crippen molar-refractivity contribution in [2.45, 2.75) is 72.3 Å². The summed E-state index contributed by atoms with van der Waals surface area (Å²) in [6, 6.07) is 13.9. The van der Waals surface area contributed by atoms with Crippen LogP contribution in [0.1, 0.15) is 61.6 Å². The highest BCUT2D eigenvalue weighted by Gasteiger charge is 2.31. The summed E-state index contributed by atoms with van der Waals surface area (Å²) >= 11 is 7.13. The van der Waals surface area contributed by atoms with Gasteiger partial charge in [-0.2, -0.15) is 5.10 Å². The number of aromatic nitrogens is 3. The van der Waals surface area contributed by atoms with Crippen molar-refractivity contribution in [3.63, 3.8) is 0 Å². The maximum Gasteiger partial charge on any atom is 0.410 e. The Hall–Kier alpha value is -4.65. The van der Waals surface area contributed by atoms with Gasteiger partial charge >= 0.3 is 12.1 Å². The molecule has 1 saturated heterocycles.